The molecule has 4 heteroatoms. The van der Waals surface area contributed by atoms with Crippen molar-refractivity contribution in [3.63, 3.8) is 0 Å². The lowest BCUT2D eigenvalue weighted by atomic mass is 9.68. The van der Waals surface area contributed by atoms with E-state index >= 15 is 0 Å². The fourth-order valence-corrected chi connectivity index (χ4v) is 5.82. The van der Waals surface area contributed by atoms with Gasteiger partial charge in [0.05, 0.1) is 11.1 Å². The first kappa shape index (κ1) is 24.5. The van der Waals surface area contributed by atoms with Gasteiger partial charge in [-0.05, 0) is 73.7 Å². The molecule has 0 saturated carbocycles. The molecule has 0 amide bonds. The van der Waals surface area contributed by atoms with Crippen LogP contribution in [0.1, 0.15) is 88.1 Å². The van der Waals surface area contributed by atoms with Gasteiger partial charge in [0.25, 0.3) is 0 Å². The molecule has 0 spiro atoms. The van der Waals surface area contributed by atoms with Gasteiger partial charge in [-0.1, -0.05) is 94.4 Å². The maximum Gasteiger partial charge on any atom is 0.336 e. The molecule has 186 valence electrons. The molecular weight excluding hydrogens is 460 g/mol. The van der Waals surface area contributed by atoms with Gasteiger partial charge in [0, 0.05) is 5.92 Å². The summed E-state index contributed by atoms with van der Waals surface area (Å²) in [5, 5.41) is 22.5. The van der Waals surface area contributed by atoms with Crippen molar-refractivity contribution in [2.24, 2.45) is 5.92 Å². The van der Waals surface area contributed by atoms with Crippen molar-refractivity contribution < 1.29 is 19.8 Å². The minimum Gasteiger partial charge on any atom is -0.478 e. The molecule has 0 aliphatic heterocycles. The van der Waals surface area contributed by atoms with E-state index in [1.54, 1.807) is 24.3 Å². The largest absolute Gasteiger partial charge is 0.478 e. The molecule has 0 radical (unpaired) electrons. The number of rotatable bonds is 6. The molecule has 4 aromatic carbocycles. The van der Waals surface area contributed by atoms with E-state index in [1.807, 2.05) is 30.3 Å². The average molecular weight is 491 g/mol. The molecule has 1 atom stereocenters. The summed E-state index contributed by atoms with van der Waals surface area (Å²) in [6.07, 6.45) is 0. The standard InChI is InChI=1S/C33H30O4/c1-18(2)21-16-20-10-9-15-26-29(20)27(17-21)28(19(3)4)31(23-12-6-8-14-25(23)33(36)37)30(26)22-11-5-7-13-24(22)32(34)35/h5-19,30H,1-4H3,(H,34,35)(H,36,37). The second-order valence-electron chi connectivity index (χ2n) is 10.3. The van der Waals surface area contributed by atoms with Crippen molar-refractivity contribution in [1.29, 1.82) is 0 Å². The summed E-state index contributed by atoms with van der Waals surface area (Å²) >= 11 is 0. The first-order chi connectivity index (χ1) is 17.7. The number of aromatic carboxylic acids is 2. The van der Waals surface area contributed by atoms with Crippen LogP contribution in [0, 0.1) is 5.92 Å². The quantitative estimate of drug-likeness (QED) is 0.286. The number of carbonyl (C=O) groups is 2. The molecule has 2 N–H and O–H groups in total. The van der Waals surface area contributed by atoms with E-state index in [9.17, 15) is 19.8 Å². The summed E-state index contributed by atoms with van der Waals surface area (Å²) in [4.78, 5) is 24.8. The van der Waals surface area contributed by atoms with E-state index in [0.29, 0.717) is 17.0 Å². The molecule has 5 rings (SSSR count). The highest BCUT2D eigenvalue weighted by molar-refractivity contribution is 6.12. The smallest absolute Gasteiger partial charge is 0.336 e. The second kappa shape index (κ2) is 9.36. The molecule has 1 unspecified atom stereocenters. The Hall–Kier alpha value is -4.18. The first-order valence-electron chi connectivity index (χ1n) is 12.7. The van der Waals surface area contributed by atoms with E-state index in [4.69, 9.17) is 0 Å². The van der Waals surface area contributed by atoms with Crippen LogP contribution in [0.25, 0.3) is 21.9 Å². The van der Waals surface area contributed by atoms with Crippen LogP contribution in [0.4, 0.5) is 0 Å². The summed E-state index contributed by atoms with van der Waals surface area (Å²) in [6, 6.07) is 24.8. The van der Waals surface area contributed by atoms with Gasteiger partial charge in [0.1, 0.15) is 0 Å². The molecule has 0 aromatic heterocycles. The Kier molecular flexibility index (Phi) is 6.20. The molecule has 37 heavy (non-hydrogen) atoms. The molecule has 4 nitrogen and oxygen atoms in total. The van der Waals surface area contributed by atoms with Crippen LogP contribution in [0.2, 0.25) is 0 Å². The van der Waals surface area contributed by atoms with Crippen LogP contribution in [0.15, 0.2) is 78.9 Å². The van der Waals surface area contributed by atoms with E-state index in [2.05, 4.69) is 52.0 Å². The molecule has 1 aliphatic carbocycles. The predicted molar refractivity (Wildman–Crippen MR) is 148 cm³/mol. The van der Waals surface area contributed by atoms with Gasteiger partial charge in [0.2, 0.25) is 0 Å². The summed E-state index contributed by atoms with van der Waals surface area (Å²) in [5.41, 5.74) is 6.96. The third-order valence-electron chi connectivity index (χ3n) is 7.41. The van der Waals surface area contributed by atoms with E-state index in [0.717, 1.165) is 33.0 Å². The second-order valence-corrected chi connectivity index (χ2v) is 10.3. The van der Waals surface area contributed by atoms with Gasteiger partial charge in [-0.15, -0.1) is 0 Å². The third kappa shape index (κ3) is 4.03. The summed E-state index contributed by atoms with van der Waals surface area (Å²) in [6.45, 7) is 8.60. The summed E-state index contributed by atoms with van der Waals surface area (Å²) in [7, 11) is 0. The number of allylic oxidation sites excluding steroid dienone is 2. The van der Waals surface area contributed by atoms with Crippen LogP contribution in [-0.2, 0) is 0 Å². The van der Waals surface area contributed by atoms with Gasteiger partial charge in [-0.3, -0.25) is 0 Å². The SMILES string of the molecule is CC(C)C1=C(c2ccccc2C(=O)O)C(c2ccccc2C(=O)O)c2cccc3cc(C(C)C)cc1c23. The predicted octanol–water partition coefficient (Wildman–Crippen LogP) is 8.07. The van der Waals surface area contributed by atoms with Gasteiger partial charge in [-0.25, -0.2) is 9.59 Å². The summed E-state index contributed by atoms with van der Waals surface area (Å²) < 4.78 is 0. The van der Waals surface area contributed by atoms with Crippen LogP contribution in [-0.4, -0.2) is 22.2 Å². The highest BCUT2D eigenvalue weighted by Gasteiger charge is 2.36. The van der Waals surface area contributed by atoms with Crippen molar-refractivity contribution in [3.8, 4) is 0 Å². The fraction of sp³-hybridized carbons (Fsp3) is 0.212. The molecular formula is C33H30O4. The lowest BCUT2D eigenvalue weighted by Gasteiger charge is -2.35. The Bertz CT molecular complexity index is 1590. The Morgan fingerprint density at radius 3 is 1.95 bits per heavy atom. The lowest BCUT2D eigenvalue weighted by Crippen LogP contribution is -2.19. The van der Waals surface area contributed by atoms with Crippen LogP contribution in [0.3, 0.4) is 0 Å². The van der Waals surface area contributed by atoms with Crippen LogP contribution in [0.5, 0.6) is 0 Å². The van der Waals surface area contributed by atoms with Crippen molar-refractivity contribution >= 4 is 33.9 Å². The minimum absolute atomic E-state index is 0.0651. The fourth-order valence-electron chi connectivity index (χ4n) is 5.82. The highest BCUT2D eigenvalue weighted by Crippen LogP contribution is 2.53. The Balaban J connectivity index is 2.02. The Morgan fingerprint density at radius 2 is 1.30 bits per heavy atom. The van der Waals surface area contributed by atoms with Crippen molar-refractivity contribution in [3.05, 3.63) is 118 Å². The Morgan fingerprint density at radius 1 is 0.676 bits per heavy atom. The number of hydrogen-bond donors (Lipinski definition) is 2. The molecule has 1 aliphatic rings. The lowest BCUT2D eigenvalue weighted by molar-refractivity contribution is 0.0684. The zero-order valence-corrected chi connectivity index (χ0v) is 21.4. The number of carboxylic acid groups (broad SMARTS) is 2. The monoisotopic (exact) mass is 490 g/mol. The van der Waals surface area contributed by atoms with Crippen molar-refractivity contribution in [1.82, 2.24) is 0 Å². The van der Waals surface area contributed by atoms with Crippen LogP contribution < -0.4 is 0 Å². The van der Waals surface area contributed by atoms with E-state index in [-0.39, 0.29) is 17.0 Å². The van der Waals surface area contributed by atoms with Crippen LogP contribution >= 0.6 is 0 Å². The normalized spacial score (nSPS) is 15.0. The highest BCUT2D eigenvalue weighted by atomic mass is 16.4. The topological polar surface area (TPSA) is 74.6 Å². The van der Waals surface area contributed by atoms with Crippen molar-refractivity contribution in [2.75, 3.05) is 0 Å². The van der Waals surface area contributed by atoms with Gasteiger partial charge in [0.15, 0.2) is 0 Å². The minimum atomic E-state index is -1.00. The number of benzene rings is 4. The van der Waals surface area contributed by atoms with Gasteiger partial charge in [-0.2, -0.15) is 0 Å². The summed E-state index contributed by atoms with van der Waals surface area (Å²) in [5.74, 6) is -2.06. The van der Waals surface area contributed by atoms with E-state index in [1.165, 1.54) is 5.56 Å². The van der Waals surface area contributed by atoms with Gasteiger partial charge < -0.3 is 10.2 Å². The van der Waals surface area contributed by atoms with Crippen molar-refractivity contribution in [2.45, 2.75) is 39.5 Å². The number of hydrogen-bond acceptors (Lipinski definition) is 2. The maximum atomic E-state index is 12.4. The number of carboxylic acids is 2. The zero-order chi connectivity index (χ0) is 26.4. The maximum absolute atomic E-state index is 12.4. The Labute approximate surface area is 216 Å². The molecule has 0 fully saturated rings. The average Bonchev–Trinajstić information content (AvgIpc) is 2.88. The first-order valence-corrected chi connectivity index (χ1v) is 12.7. The molecule has 0 bridgehead atoms. The molecule has 0 heterocycles. The molecule has 4 aromatic rings. The zero-order valence-electron chi connectivity index (χ0n) is 21.4. The van der Waals surface area contributed by atoms with E-state index < -0.39 is 17.9 Å². The third-order valence-corrected chi connectivity index (χ3v) is 7.41. The van der Waals surface area contributed by atoms with Gasteiger partial charge >= 0.3 is 11.9 Å². The molecule has 0 saturated heterocycles.